The summed E-state index contributed by atoms with van der Waals surface area (Å²) in [6, 6.07) is 13.6. The minimum absolute atomic E-state index is 0.128. The van der Waals surface area contributed by atoms with Crippen molar-refractivity contribution in [1.82, 2.24) is 0 Å². The van der Waals surface area contributed by atoms with Gasteiger partial charge in [-0.3, -0.25) is 4.79 Å². The van der Waals surface area contributed by atoms with Gasteiger partial charge in [0.1, 0.15) is 0 Å². The Balaban J connectivity index is 2.01. The van der Waals surface area contributed by atoms with Crippen LogP contribution < -0.4 is 5.32 Å². The number of nitrogens with one attached hydrogen (secondary N) is 1. The average molecular weight is 490 g/mol. The zero-order valence-corrected chi connectivity index (χ0v) is 16.1. The van der Waals surface area contributed by atoms with Crippen molar-refractivity contribution in [3.05, 3.63) is 60.1 Å². The van der Waals surface area contributed by atoms with Crippen LogP contribution in [-0.4, -0.2) is 5.91 Å². The molecular formula is C15H8Br3NOS. The molecule has 2 nitrogen and oxygen atoms in total. The van der Waals surface area contributed by atoms with Crippen LogP contribution in [0.5, 0.6) is 0 Å². The number of carbonyl (C=O) groups is 1. The Kier molecular flexibility index (Phi) is 4.49. The average Bonchev–Trinajstić information content (AvgIpc) is 2.81. The third-order valence-corrected chi connectivity index (χ3v) is 6.05. The molecule has 0 spiro atoms. The fourth-order valence-electron chi connectivity index (χ4n) is 2.06. The molecule has 1 amide bonds. The Hall–Kier alpha value is -0.690. The quantitative estimate of drug-likeness (QED) is 0.441. The van der Waals surface area contributed by atoms with Crippen LogP contribution in [0.15, 0.2) is 54.5 Å². The maximum absolute atomic E-state index is 12.4. The molecule has 0 atom stereocenters. The summed E-state index contributed by atoms with van der Waals surface area (Å²) in [7, 11) is 0. The van der Waals surface area contributed by atoms with Crippen molar-refractivity contribution in [3.63, 3.8) is 0 Å². The number of carbonyl (C=O) groups excluding carboxylic acids is 1. The predicted molar refractivity (Wildman–Crippen MR) is 99.3 cm³/mol. The number of fused-ring (bicyclic) bond motifs is 1. The van der Waals surface area contributed by atoms with E-state index in [0.29, 0.717) is 5.56 Å². The normalized spacial score (nSPS) is 10.8. The molecule has 0 saturated heterocycles. The van der Waals surface area contributed by atoms with Gasteiger partial charge < -0.3 is 5.32 Å². The van der Waals surface area contributed by atoms with Gasteiger partial charge >= 0.3 is 0 Å². The number of halogens is 3. The van der Waals surface area contributed by atoms with Gasteiger partial charge in [0.2, 0.25) is 0 Å². The van der Waals surface area contributed by atoms with Crippen LogP contribution >= 0.6 is 59.1 Å². The van der Waals surface area contributed by atoms with Gasteiger partial charge in [0, 0.05) is 15.5 Å². The molecular weight excluding hydrogens is 482 g/mol. The molecule has 2 aromatic carbocycles. The molecule has 106 valence electrons. The highest BCUT2D eigenvalue weighted by Crippen LogP contribution is 2.34. The molecule has 0 aliphatic heterocycles. The lowest BCUT2D eigenvalue weighted by molar-refractivity contribution is 0.102. The van der Waals surface area contributed by atoms with E-state index in [2.05, 4.69) is 53.1 Å². The van der Waals surface area contributed by atoms with Gasteiger partial charge in [-0.05, 0) is 55.4 Å². The molecule has 3 rings (SSSR count). The lowest BCUT2D eigenvalue weighted by Crippen LogP contribution is -2.11. The molecule has 0 aliphatic rings. The van der Waals surface area contributed by atoms with Crippen LogP contribution in [-0.2, 0) is 0 Å². The lowest BCUT2D eigenvalue weighted by atomic mass is 10.1. The summed E-state index contributed by atoms with van der Waals surface area (Å²) in [4.78, 5) is 12.4. The van der Waals surface area contributed by atoms with Crippen molar-refractivity contribution in [2.24, 2.45) is 0 Å². The summed E-state index contributed by atoms with van der Waals surface area (Å²) < 4.78 is 2.74. The lowest BCUT2D eigenvalue weighted by Gasteiger charge is -2.09. The first-order valence-corrected chi connectivity index (χ1v) is 9.19. The molecule has 0 unspecified atom stereocenters. The van der Waals surface area contributed by atoms with Crippen LogP contribution in [0.2, 0.25) is 0 Å². The Morgan fingerprint density at radius 2 is 1.71 bits per heavy atom. The Labute approximate surface area is 150 Å². The molecule has 1 heterocycles. The Morgan fingerprint density at radius 3 is 2.38 bits per heavy atom. The van der Waals surface area contributed by atoms with E-state index < -0.39 is 0 Å². The summed E-state index contributed by atoms with van der Waals surface area (Å²) in [6.07, 6.45) is 0. The molecule has 1 N–H and O–H groups in total. The van der Waals surface area contributed by atoms with E-state index in [9.17, 15) is 4.79 Å². The maximum Gasteiger partial charge on any atom is 0.257 e. The first-order valence-electron chi connectivity index (χ1n) is 5.99. The molecule has 0 saturated carbocycles. The van der Waals surface area contributed by atoms with Gasteiger partial charge in [-0.2, -0.15) is 0 Å². The smallest absolute Gasteiger partial charge is 0.257 e. The summed E-state index contributed by atoms with van der Waals surface area (Å²) >= 11 is 11.8. The largest absolute Gasteiger partial charge is 0.321 e. The van der Waals surface area contributed by atoms with Crippen LogP contribution in [0.25, 0.3) is 10.8 Å². The van der Waals surface area contributed by atoms with E-state index in [0.717, 1.165) is 28.5 Å². The fraction of sp³-hybridized carbons (Fsp3) is 0. The third-order valence-electron chi connectivity index (χ3n) is 3.02. The van der Waals surface area contributed by atoms with Crippen molar-refractivity contribution >= 4 is 81.5 Å². The second-order valence-electron chi connectivity index (χ2n) is 4.33. The van der Waals surface area contributed by atoms with Crippen molar-refractivity contribution in [1.29, 1.82) is 0 Å². The molecule has 21 heavy (non-hydrogen) atoms. The fourth-order valence-corrected chi connectivity index (χ4v) is 5.33. The number of anilines is 1. The van der Waals surface area contributed by atoms with E-state index in [1.807, 2.05) is 42.5 Å². The second kappa shape index (κ2) is 6.20. The minimum atomic E-state index is -0.128. The standard InChI is InChI=1S/C15H8Br3NOS/c16-11-5-6-12(9-4-2-1-3-8(9)11)19-15(20)10-7-13(17)21-14(10)18/h1-7H,(H,19,20). The van der Waals surface area contributed by atoms with Gasteiger partial charge in [-0.25, -0.2) is 0 Å². The third kappa shape index (κ3) is 3.08. The molecule has 0 bridgehead atoms. The number of amides is 1. The molecule has 0 radical (unpaired) electrons. The molecule has 6 heteroatoms. The van der Waals surface area contributed by atoms with Crippen molar-refractivity contribution in [2.75, 3.05) is 5.32 Å². The molecule has 1 aromatic heterocycles. The number of hydrogen-bond donors (Lipinski definition) is 1. The van der Waals surface area contributed by atoms with Crippen LogP contribution in [0.4, 0.5) is 5.69 Å². The number of benzene rings is 2. The van der Waals surface area contributed by atoms with Crippen molar-refractivity contribution in [2.45, 2.75) is 0 Å². The zero-order valence-electron chi connectivity index (χ0n) is 10.5. The zero-order chi connectivity index (χ0) is 15.0. The predicted octanol–water partition coefficient (Wildman–Crippen LogP) is 6.44. The number of rotatable bonds is 2. The molecule has 0 aliphatic carbocycles. The highest BCUT2D eigenvalue weighted by Gasteiger charge is 2.15. The van der Waals surface area contributed by atoms with Gasteiger partial charge in [-0.1, -0.05) is 40.2 Å². The highest BCUT2D eigenvalue weighted by atomic mass is 79.9. The van der Waals surface area contributed by atoms with E-state index >= 15 is 0 Å². The monoisotopic (exact) mass is 487 g/mol. The van der Waals surface area contributed by atoms with E-state index in [-0.39, 0.29) is 5.91 Å². The summed E-state index contributed by atoms with van der Waals surface area (Å²) in [5.41, 5.74) is 1.42. The van der Waals surface area contributed by atoms with Crippen LogP contribution in [0, 0.1) is 0 Å². The summed E-state index contributed by atoms with van der Waals surface area (Å²) in [5.74, 6) is -0.128. The second-order valence-corrected chi connectivity index (χ2v) is 8.94. The Bertz CT molecular complexity index is 844. The van der Waals surface area contributed by atoms with Gasteiger partial charge in [0.15, 0.2) is 0 Å². The molecule has 3 aromatic rings. The Morgan fingerprint density at radius 1 is 1.00 bits per heavy atom. The summed E-state index contributed by atoms with van der Waals surface area (Å²) in [5, 5.41) is 5.05. The summed E-state index contributed by atoms with van der Waals surface area (Å²) in [6.45, 7) is 0. The number of thiophene rings is 1. The van der Waals surface area contributed by atoms with Crippen LogP contribution in [0.1, 0.15) is 10.4 Å². The number of hydrogen-bond acceptors (Lipinski definition) is 2. The van der Waals surface area contributed by atoms with Crippen molar-refractivity contribution in [3.8, 4) is 0 Å². The van der Waals surface area contributed by atoms with E-state index in [1.165, 1.54) is 11.3 Å². The maximum atomic E-state index is 12.4. The first-order chi connectivity index (χ1) is 10.1. The minimum Gasteiger partial charge on any atom is -0.321 e. The van der Waals surface area contributed by atoms with Crippen LogP contribution in [0.3, 0.4) is 0 Å². The molecule has 0 fully saturated rings. The van der Waals surface area contributed by atoms with Crippen molar-refractivity contribution < 1.29 is 4.79 Å². The van der Waals surface area contributed by atoms with Gasteiger partial charge in [-0.15, -0.1) is 11.3 Å². The van der Waals surface area contributed by atoms with Gasteiger partial charge in [0.25, 0.3) is 5.91 Å². The SMILES string of the molecule is O=C(Nc1ccc(Br)c2ccccc12)c1cc(Br)sc1Br. The highest BCUT2D eigenvalue weighted by molar-refractivity contribution is 9.12. The first kappa shape index (κ1) is 15.2. The topological polar surface area (TPSA) is 29.1 Å². The van der Waals surface area contributed by atoms with E-state index in [4.69, 9.17) is 0 Å². The van der Waals surface area contributed by atoms with E-state index in [1.54, 1.807) is 0 Å². The van der Waals surface area contributed by atoms with Gasteiger partial charge in [0.05, 0.1) is 13.1 Å².